The van der Waals surface area contributed by atoms with Crippen LogP contribution in [0.4, 0.5) is 4.39 Å². The van der Waals surface area contributed by atoms with E-state index in [0.717, 1.165) is 6.07 Å². The minimum absolute atomic E-state index is 0.154. The number of furan rings is 1. The van der Waals surface area contributed by atoms with E-state index in [-0.39, 0.29) is 21.6 Å². The van der Waals surface area contributed by atoms with Gasteiger partial charge in [-0.2, -0.15) is 0 Å². The van der Waals surface area contributed by atoms with Gasteiger partial charge in [0.1, 0.15) is 17.7 Å². The molecule has 1 heterocycles. The predicted molar refractivity (Wildman–Crippen MR) is 59.2 cm³/mol. The van der Waals surface area contributed by atoms with Crippen molar-refractivity contribution >= 4 is 23.2 Å². The minimum Gasteiger partial charge on any atom is -0.447 e. The summed E-state index contributed by atoms with van der Waals surface area (Å²) in [5, 5.41) is 10.3. The van der Waals surface area contributed by atoms with E-state index in [1.165, 1.54) is 24.3 Å². The second-order valence-corrected chi connectivity index (χ2v) is 3.99. The maximum Gasteiger partial charge on any atom is 0.193 e. The Balaban J connectivity index is 2.40. The SMILES string of the molecule is OC(c1ccc(Cl)o1)c1cc(F)ccc1Cl. The van der Waals surface area contributed by atoms with Crippen LogP contribution >= 0.6 is 23.2 Å². The standard InChI is InChI=1S/C11H7Cl2FO2/c12-8-2-1-6(14)5-7(8)11(15)9-3-4-10(13)16-9/h1-5,11,15H. The van der Waals surface area contributed by atoms with E-state index >= 15 is 0 Å². The molecule has 2 nitrogen and oxygen atoms in total. The molecular formula is C11H7Cl2FO2. The lowest BCUT2D eigenvalue weighted by Gasteiger charge is -2.09. The molecule has 1 aromatic heterocycles. The zero-order valence-corrected chi connectivity index (χ0v) is 9.47. The lowest BCUT2D eigenvalue weighted by molar-refractivity contribution is 0.189. The summed E-state index contributed by atoms with van der Waals surface area (Å²) >= 11 is 11.4. The highest BCUT2D eigenvalue weighted by Crippen LogP contribution is 2.30. The smallest absolute Gasteiger partial charge is 0.193 e. The van der Waals surface area contributed by atoms with E-state index in [1.54, 1.807) is 0 Å². The molecule has 0 aliphatic carbocycles. The van der Waals surface area contributed by atoms with E-state index in [4.69, 9.17) is 27.6 Å². The van der Waals surface area contributed by atoms with Crippen molar-refractivity contribution in [2.24, 2.45) is 0 Å². The van der Waals surface area contributed by atoms with Crippen LogP contribution in [-0.4, -0.2) is 5.11 Å². The first-order valence-corrected chi connectivity index (χ1v) is 5.22. The molecule has 0 radical (unpaired) electrons. The number of aliphatic hydroxyl groups excluding tert-OH is 1. The molecule has 2 rings (SSSR count). The second kappa shape index (κ2) is 4.45. The second-order valence-electron chi connectivity index (χ2n) is 3.21. The van der Waals surface area contributed by atoms with Crippen LogP contribution in [0.25, 0.3) is 0 Å². The van der Waals surface area contributed by atoms with Gasteiger partial charge in [0.2, 0.25) is 0 Å². The number of hydrogen-bond donors (Lipinski definition) is 1. The van der Waals surface area contributed by atoms with Crippen LogP contribution in [0.1, 0.15) is 17.4 Å². The van der Waals surface area contributed by atoms with Crippen LogP contribution in [0, 0.1) is 5.82 Å². The number of rotatable bonds is 2. The normalized spacial score (nSPS) is 12.8. The summed E-state index contributed by atoms with van der Waals surface area (Å²) in [6, 6.07) is 6.75. The van der Waals surface area contributed by atoms with Crippen LogP contribution in [0.15, 0.2) is 34.7 Å². The number of halogens is 3. The monoisotopic (exact) mass is 260 g/mol. The molecule has 0 fully saturated rings. The molecule has 1 unspecified atom stereocenters. The maximum absolute atomic E-state index is 13.0. The molecule has 84 valence electrons. The molecule has 1 N–H and O–H groups in total. The van der Waals surface area contributed by atoms with Crippen LogP contribution < -0.4 is 0 Å². The van der Waals surface area contributed by atoms with Gasteiger partial charge in [-0.3, -0.25) is 0 Å². The lowest BCUT2D eigenvalue weighted by Crippen LogP contribution is -1.99. The molecule has 0 saturated carbocycles. The first kappa shape index (κ1) is 11.5. The zero-order chi connectivity index (χ0) is 11.7. The quantitative estimate of drug-likeness (QED) is 0.891. The van der Waals surface area contributed by atoms with Crippen molar-refractivity contribution < 1.29 is 13.9 Å². The van der Waals surface area contributed by atoms with E-state index in [1.807, 2.05) is 0 Å². The Hall–Kier alpha value is -1.03. The van der Waals surface area contributed by atoms with Crippen molar-refractivity contribution in [1.82, 2.24) is 0 Å². The Morgan fingerprint density at radius 3 is 2.56 bits per heavy atom. The van der Waals surface area contributed by atoms with Crippen molar-refractivity contribution in [1.29, 1.82) is 0 Å². The Labute approximate surface area is 101 Å². The summed E-state index contributed by atoms with van der Waals surface area (Å²) in [5.74, 6) is -0.256. The maximum atomic E-state index is 13.0. The minimum atomic E-state index is -1.13. The van der Waals surface area contributed by atoms with E-state index in [9.17, 15) is 9.50 Å². The summed E-state index contributed by atoms with van der Waals surface area (Å²) in [6.07, 6.45) is -1.13. The topological polar surface area (TPSA) is 33.4 Å². The Kier molecular flexibility index (Phi) is 3.19. The van der Waals surface area contributed by atoms with Gasteiger partial charge in [-0.05, 0) is 41.9 Å². The van der Waals surface area contributed by atoms with Crippen molar-refractivity contribution in [2.45, 2.75) is 6.10 Å². The molecule has 16 heavy (non-hydrogen) atoms. The highest BCUT2D eigenvalue weighted by molar-refractivity contribution is 6.31. The summed E-state index contributed by atoms with van der Waals surface area (Å²) in [6.45, 7) is 0. The number of aliphatic hydroxyl groups is 1. The third-order valence-corrected chi connectivity index (χ3v) is 2.66. The fourth-order valence-electron chi connectivity index (χ4n) is 1.35. The van der Waals surface area contributed by atoms with E-state index < -0.39 is 11.9 Å². The predicted octanol–water partition coefficient (Wildman–Crippen LogP) is 3.81. The van der Waals surface area contributed by atoms with Crippen molar-refractivity contribution in [3.8, 4) is 0 Å². The van der Waals surface area contributed by atoms with Gasteiger partial charge in [0.15, 0.2) is 5.22 Å². The van der Waals surface area contributed by atoms with Gasteiger partial charge in [-0.25, -0.2) is 4.39 Å². The van der Waals surface area contributed by atoms with E-state index in [0.29, 0.717) is 0 Å². The van der Waals surface area contributed by atoms with Gasteiger partial charge in [0.05, 0.1) is 0 Å². The van der Waals surface area contributed by atoms with Gasteiger partial charge in [0.25, 0.3) is 0 Å². The first-order valence-electron chi connectivity index (χ1n) is 4.46. The third-order valence-electron chi connectivity index (χ3n) is 2.12. The number of benzene rings is 1. The van der Waals surface area contributed by atoms with E-state index in [2.05, 4.69) is 0 Å². The van der Waals surface area contributed by atoms with Crippen molar-refractivity contribution in [3.05, 3.63) is 57.7 Å². The van der Waals surface area contributed by atoms with Crippen LogP contribution in [0.2, 0.25) is 10.2 Å². The average molecular weight is 261 g/mol. The molecule has 1 aromatic carbocycles. The highest BCUT2D eigenvalue weighted by Gasteiger charge is 2.18. The molecule has 1 atom stereocenters. The Bertz CT molecular complexity index is 510. The number of hydrogen-bond acceptors (Lipinski definition) is 2. The molecule has 0 spiro atoms. The molecule has 0 bridgehead atoms. The molecule has 0 amide bonds. The molecule has 0 saturated heterocycles. The highest BCUT2D eigenvalue weighted by atomic mass is 35.5. The molecule has 2 aromatic rings. The van der Waals surface area contributed by atoms with Crippen molar-refractivity contribution in [2.75, 3.05) is 0 Å². The van der Waals surface area contributed by atoms with Gasteiger partial charge in [-0.15, -0.1) is 0 Å². The first-order chi connectivity index (χ1) is 7.58. The fourth-order valence-corrected chi connectivity index (χ4v) is 1.73. The van der Waals surface area contributed by atoms with Crippen LogP contribution in [0.3, 0.4) is 0 Å². The van der Waals surface area contributed by atoms with Gasteiger partial charge >= 0.3 is 0 Å². The van der Waals surface area contributed by atoms with Crippen LogP contribution in [-0.2, 0) is 0 Å². The van der Waals surface area contributed by atoms with Crippen LogP contribution in [0.5, 0.6) is 0 Å². The lowest BCUT2D eigenvalue weighted by atomic mass is 10.1. The molecule has 0 aliphatic rings. The summed E-state index contributed by atoms with van der Waals surface area (Å²) < 4.78 is 18.0. The molecular weight excluding hydrogens is 254 g/mol. The van der Waals surface area contributed by atoms with Crippen molar-refractivity contribution in [3.63, 3.8) is 0 Å². The average Bonchev–Trinajstić information content (AvgIpc) is 2.67. The third kappa shape index (κ3) is 2.21. The Morgan fingerprint density at radius 2 is 1.94 bits per heavy atom. The summed E-state index contributed by atoms with van der Waals surface area (Å²) in [5.41, 5.74) is 0.243. The fraction of sp³-hybridized carbons (Fsp3) is 0.0909. The summed E-state index contributed by atoms with van der Waals surface area (Å²) in [4.78, 5) is 0. The van der Waals surface area contributed by atoms with Gasteiger partial charge in [0, 0.05) is 10.6 Å². The Morgan fingerprint density at radius 1 is 1.19 bits per heavy atom. The van der Waals surface area contributed by atoms with Gasteiger partial charge < -0.3 is 9.52 Å². The summed E-state index contributed by atoms with van der Waals surface area (Å²) in [7, 11) is 0. The largest absolute Gasteiger partial charge is 0.447 e. The zero-order valence-electron chi connectivity index (χ0n) is 7.95. The molecule has 0 aliphatic heterocycles. The van der Waals surface area contributed by atoms with Gasteiger partial charge in [-0.1, -0.05) is 11.6 Å². The molecule has 5 heteroatoms.